The summed E-state index contributed by atoms with van der Waals surface area (Å²) in [5, 5.41) is 11.9. The van der Waals surface area contributed by atoms with Gasteiger partial charge in [0.25, 0.3) is 0 Å². The van der Waals surface area contributed by atoms with Crippen molar-refractivity contribution in [2.24, 2.45) is 17.3 Å². The van der Waals surface area contributed by atoms with Crippen molar-refractivity contribution >= 4 is 11.9 Å². The minimum Gasteiger partial charge on any atom is -0.480 e. The van der Waals surface area contributed by atoms with E-state index in [0.717, 1.165) is 25.7 Å². The van der Waals surface area contributed by atoms with E-state index in [1.807, 2.05) is 13.8 Å². The molecular formula is C14H23NO3. The molecule has 3 unspecified atom stereocenters. The average Bonchev–Trinajstić information content (AvgIpc) is 2.83. The maximum atomic E-state index is 12.1. The quantitative estimate of drug-likeness (QED) is 0.789. The average molecular weight is 253 g/mol. The number of carbonyl (C=O) groups is 2. The van der Waals surface area contributed by atoms with E-state index in [1.54, 1.807) is 0 Å². The van der Waals surface area contributed by atoms with Crippen LogP contribution in [0.2, 0.25) is 0 Å². The van der Waals surface area contributed by atoms with Crippen molar-refractivity contribution in [1.82, 2.24) is 5.32 Å². The second-order valence-electron chi connectivity index (χ2n) is 6.04. The number of hydrogen-bond acceptors (Lipinski definition) is 2. The third kappa shape index (κ3) is 2.38. The zero-order valence-corrected chi connectivity index (χ0v) is 11.2. The van der Waals surface area contributed by atoms with Crippen LogP contribution in [-0.4, -0.2) is 23.0 Å². The third-order valence-corrected chi connectivity index (χ3v) is 4.88. The lowest BCUT2D eigenvalue weighted by molar-refractivity contribution is -0.143. The second-order valence-corrected chi connectivity index (χ2v) is 6.04. The van der Waals surface area contributed by atoms with E-state index in [-0.39, 0.29) is 23.2 Å². The topological polar surface area (TPSA) is 66.4 Å². The Balaban J connectivity index is 1.92. The smallest absolute Gasteiger partial charge is 0.326 e. The molecule has 2 aliphatic carbocycles. The summed E-state index contributed by atoms with van der Waals surface area (Å²) < 4.78 is 0. The fraction of sp³-hybridized carbons (Fsp3) is 0.857. The monoisotopic (exact) mass is 253 g/mol. The summed E-state index contributed by atoms with van der Waals surface area (Å²) in [6, 6.07) is -0.735. The molecule has 0 bridgehead atoms. The highest BCUT2D eigenvalue weighted by atomic mass is 16.4. The van der Waals surface area contributed by atoms with Gasteiger partial charge >= 0.3 is 5.97 Å². The molecule has 0 radical (unpaired) electrons. The van der Waals surface area contributed by atoms with E-state index < -0.39 is 12.0 Å². The Morgan fingerprint density at radius 1 is 1.39 bits per heavy atom. The van der Waals surface area contributed by atoms with Gasteiger partial charge in [0.1, 0.15) is 6.04 Å². The van der Waals surface area contributed by atoms with Crippen molar-refractivity contribution < 1.29 is 14.7 Å². The molecule has 0 aromatic heterocycles. The number of hydrogen-bond donors (Lipinski definition) is 2. The molecule has 1 amide bonds. The molecule has 102 valence electrons. The maximum absolute atomic E-state index is 12.1. The van der Waals surface area contributed by atoms with Crippen molar-refractivity contribution in [3.05, 3.63) is 0 Å². The SMILES string of the molecule is CCC(C)C(NC(=O)C1CC12CCCC2)C(=O)O. The molecule has 2 aliphatic rings. The van der Waals surface area contributed by atoms with Crippen LogP contribution in [0.5, 0.6) is 0 Å². The molecule has 2 rings (SSSR count). The van der Waals surface area contributed by atoms with Crippen molar-refractivity contribution in [3.63, 3.8) is 0 Å². The van der Waals surface area contributed by atoms with E-state index in [0.29, 0.717) is 0 Å². The summed E-state index contributed by atoms with van der Waals surface area (Å²) in [6.07, 6.45) is 6.45. The van der Waals surface area contributed by atoms with Gasteiger partial charge in [-0.05, 0) is 30.6 Å². The van der Waals surface area contributed by atoms with Crippen LogP contribution < -0.4 is 5.32 Å². The third-order valence-electron chi connectivity index (χ3n) is 4.88. The normalized spacial score (nSPS) is 27.8. The molecular weight excluding hydrogens is 230 g/mol. The van der Waals surface area contributed by atoms with Crippen LogP contribution in [-0.2, 0) is 9.59 Å². The van der Waals surface area contributed by atoms with E-state index in [1.165, 1.54) is 12.8 Å². The summed E-state index contributed by atoms with van der Waals surface area (Å²) >= 11 is 0. The van der Waals surface area contributed by atoms with E-state index >= 15 is 0 Å². The van der Waals surface area contributed by atoms with Gasteiger partial charge in [0, 0.05) is 5.92 Å². The van der Waals surface area contributed by atoms with Crippen LogP contribution in [0.4, 0.5) is 0 Å². The van der Waals surface area contributed by atoms with E-state index in [4.69, 9.17) is 5.11 Å². The second kappa shape index (κ2) is 4.90. The number of nitrogens with one attached hydrogen (secondary N) is 1. The first-order chi connectivity index (χ1) is 8.50. The zero-order chi connectivity index (χ0) is 13.3. The molecule has 1 spiro atoms. The predicted molar refractivity (Wildman–Crippen MR) is 68.0 cm³/mol. The molecule has 3 atom stereocenters. The fourth-order valence-corrected chi connectivity index (χ4v) is 3.29. The first-order valence-corrected chi connectivity index (χ1v) is 7.03. The molecule has 0 aliphatic heterocycles. The Labute approximate surface area is 108 Å². The molecule has 0 heterocycles. The Morgan fingerprint density at radius 2 is 2.00 bits per heavy atom. The summed E-state index contributed by atoms with van der Waals surface area (Å²) in [5.41, 5.74) is 0.239. The molecule has 18 heavy (non-hydrogen) atoms. The van der Waals surface area contributed by atoms with Gasteiger partial charge in [-0.1, -0.05) is 33.1 Å². The number of carbonyl (C=O) groups excluding carboxylic acids is 1. The number of carboxylic acids is 1. The minimum absolute atomic E-state index is 0.0234. The zero-order valence-electron chi connectivity index (χ0n) is 11.2. The van der Waals surface area contributed by atoms with Crippen LogP contribution in [0.15, 0.2) is 0 Å². The number of amides is 1. The molecule has 0 aromatic rings. The van der Waals surface area contributed by atoms with Crippen LogP contribution >= 0.6 is 0 Å². The number of aliphatic carboxylic acids is 1. The molecule has 2 N–H and O–H groups in total. The molecule has 0 saturated heterocycles. The summed E-state index contributed by atoms with van der Waals surface area (Å²) in [5.74, 6) is -0.904. The minimum atomic E-state index is -0.918. The lowest BCUT2D eigenvalue weighted by Crippen LogP contribution is -2.46. The van der Waals surface area contributed by atoms with Crippen molar-refractivity contribution in [2.45, 2.75) is 58.4 Å². The van der Waals surface area contributed by atoms with Gasteiger partial charge in [0.15, 0.2) is 0 Å². The molecule has 2 saturated carbocycles. The molecule has 4 nitrogen and oxygen atoms in total. The highest BCUT2D eigenvalue weighted by Crippen LogP contribution is 2.62. The van der Waals surface area contributed by atoms with Crippen LogP contribution in [0.1, 0.15) is 52.4 Å². The first kappa shape index (κ1) is 13.4. The Bertz CT molecular complexity index is 347. The Morgan fingerprint density at radius 3 is 2.50 bits per heavy atom. The van der Waals surface area contributed by atoms with E-state index in [2.05, 4.69) is 5.32 Å². The van der Waals surface area contributed by atoms with Crippen LogP contribution in [0.25, 0.3) is 0 Å². The fourth-order valence-electron chi connectivity index (χ4n) is 3.29. The van der Waals surface area contributed by atoms with Crippen molar-refractivity contribution in [3.8, 4) is 0 Å². The number of rotatable bonds is 5. The first-order valence-electron chi connectivity index (χ1n) is 7.03. The van der Waals surface area contributed by atoms with Gasteiger partial charge in [-0.2, -0.15) is 0 Å². The van der Waals surface area contributed by atoms with Gasteiger partial charge < -0.3 is 10.4 Å². The van der Waals surface area contributed by atoms with Gasteiger partial charge in [-0.3, -0.25) is 4.79 Å². The lowest BCUT2D eigenvalue weighted by Gasteiger charge is -2.20. The summed E-state index contributed by atoms with van der Waals surface area (Å²) in [6.45, 7) is 3.82. The standard InChI is InChI=1S/C14H23NO3/c1-3-9(2)11(13(17)18)15-12(16)10-8-14(10)6-4-5-7-14/h9-11H,3-8H2,1-2H3,(H,15,16)(H,17,18). The van der Waals surface area contributed by atoms with Gasteiger partial charge in [0.05, 0.1) is 0 Å². The van der Waals surface area contributed by atoms with Crippen molar-refractivity contribution in [1.29, 1.82) is 0 Å². The van der Waals surface area contributed by atoms with Crippen LogP contribution in [0, 0.1) is 17.3 Å². The lowest BCUT2D eigenvalue weighted by atomic mass is 9.98. The van der Waals surface area contributed by atoms with Gasteiger partial charge in [0.2, 0.25) is 5.91 Å². The maximum Gasteiger partial charge on any atom is 0.326 e. The highest BCUT2D eigenvalue weighted by molar-refractivity contribution is 5.87. The van der Waals surface area contributed by atoms with Gasteiger partial charge in [-0.25, -0.2) is 4.79 Å². The van der Waals surface area contributed by atoms with E-state index in [9.17, 15) is 9.59 Å². The Kier molecular flexibility index (Phi) is 3.64. The Hall–Kier alpha value is -1.06. The van der Waals surface area contributed by atoms with Crippen LogP contribution in [0.3, 0.4) is 0 Å². The predicted octanol–water partition coefficient (Wildman–Crippen LogP) is 2.18. The largest absolute Gasteiger partial charge is 0.480 e. The summed E-state index contributed by atoms with van der Waals surface area (Å²) in [4.78, 5) is 23.3. The highest BCUT2D eigenvalue weighted by Gasteiger charge is 2.58. The molecule has 2 fully saturated rings. The molecule has 4 heteroatoms. The number of carboxylic acid groups (broad SMARTS) is 1. The van der Waals surface area contributed by atoms with Crippen molar-refractivity contribution in [2.75, 3.05) is 0 Å². The van der Waals surface area contributed by atoms with Gasteiger partial charge in [-0.15, -0.1) is 0 Å². The summed E-state index contributed by atoms with van der Waals surface area (Å²) in [7, 11) is 0. The molecule has 0 aromatic carbocycles.